The molecule has 0 bridgehead atoms. The molecule has 16 heteroatoms. The second-order valence-electron chi connectivity index (χ2n) is 19.8. The Kier molecular flexibility index (Phi) is 11.0. The average Bonchev–Trinajstić information content (AvgIpc) is 3.92. The summed E-state index contributed by atoms with van der Waals surface area (Å²) in [6, 6.07) is 1.54. The number of piperidine rings is 1. The normalized spacial score (nSPS) is 20.1. The summed E-state index contributed by atoms with van der Waals surface area (Å²) in [7, 11) is -2.37. The third kappa shape index (κ3) is 8.97. The van der Waals surface area contributed by atoms with Gasteiger partial charge in [0.15, 0.2) is 25.7 Å². The lowest BCUT2D eigenvalue weighted by Gasteiger charge is -2.36. The minimum Gasteiger partial charge on any atom is -0.444 e. The summed E-state index contributed by atoms with van der Waals surface area (Å²) in [4.78, 5) is 32.3. The summed E-state index contributed by atoms with van der Waals surface area (Å²) < 4.78 is 99.3. The van der Waals surface area contributed by atoms with Crippen molar-refractivity contribution < 1.29 is 50.2 Å². The van der Waals surface area contributed by atoms with E-state index in [0.717, 1.165) is 30.2 Å². The van der Waals surface area contributed by atoms with Gasteiger partial charge < -0.3 is 28.1 Å². The fraction of sp³-hybridized carbons (Fsp3) is 0.643. The predicted octanol–water partition coefficient (Wildman–Crippen LogP) is 11.8. The zero-order chi connectivity index (χ0) is 43.2. The van der Waals surface area contributed by atoms with E-state index in [1.165, 1.54) is 0 Å². The molecule has 2 aliphatic carbocycles. The Labute approximate surface area is 338 Å². The fourth-order valence-corrected chi connectivity index (χ4v) is 8.62. The van der Waals surface area contributed by atoms with Crippen LogP contribution in [0, 0.1) is 23.5 Å². The number of anilines is 1. The van der Waals surface area contributed by atoms with Crippen LogP contribution in [-0.2, 0) is 20.5 Å². The van der Waals surface area contributed by atoms with Gasteiger partial charge in [0, 0.05) is 42.0 Å². The molecular formula is C42H57F5N4O6Si. The zero-order valence-corrected chi connectivity index (χ0v) is 36.8. The van der Waals surface area contributed by atoms with Crippen LogP contribution in [0.3, 0.4) is 0 Å². The Bertz CT molecular complexity index is 2100. The van der Waals surface area contributed by atoms with E-state index in [9.17, 15) is 22.8 Å². The maximum absolute atomic E-state index is 17.8. The van der Waals surface area contributed by atoms with Crippen molar-refractivity contribution in [2.45, 2.75) is 149 Å². The van der Waals surface area contributed by atoms with E-state index >= 15 is 8.78 Å². The first-order valence-corrected chi connectivity index (χ1v) is 22.9. The summed E-state index contributed by atoms with van der Waals surface area (Å²) >= 11 is 0. The van der Waals surface area contributed by atoms with Crippen LogP contribution >= 0.6 is 0 Å². The number of hydrogen-bond acceptors (Lipinski definition) is 7. The number of fused-ring (bicyclic) bond motifs is 2. The van der Waals surface area contributed by atoms with Gasteiger partial charge in [-0.05, 0) is 108 Å². The van der Waals surface area contributed by atoms with Crippen LogP contribution in [0.4, 0.5) is 37.2 Å². The lowest BCUT2D eigenvalue weighted by Crippen LogP contribution is -2.40. The number of carbonyl (C=O) groups is 2. The van der Waals surface area contributed by atoms with Crippen molar-refractivity contribution in [3.05, 3.63) is 40.7 Å². The number of pyridine rings is 1. The summed E-state index contributed by atoms with van der Waals surface area (Å²) in [5.74, 6) is -4.07. The van der Waals surface area contributed by atoms with Crippen LogP contribution in [-0.4, -0.2) is 65.6 Å². The minimum atomic E-state index is -5.34. The Morgan fingerprint density at radius 1 is 0.931 bits per heavy atom. The van der Waals surface area contributed by atoms with Crippen molar-refractivity contribution in [1.29, 1.82) is 0 Å². The molecule has 58 heavy (non-hydrogen) atoms. The van der Waals surface area contributed by atoms with Gasteiger partial charge >= 0.3 is 18.5 Å². The van der Waals surface area contributed by atoms with Crippen LogP contribution in [0.5, 0.6) is 5.75 Å². The molecule has 320 valence electrons. The first kappa shape index (κ1) is 43.7. The predicted molar refractivity (Wildman–Crippen MR) is 213 cm³/mol. The highest BCUT2D eigenvalue weighted by molar-refractivity contribution is 6.74. The van der Waals surface area contributed by atoms with Crippen LogP contribution in [0.15, 0.2) is 12.1 Å². The van der Waals surface area contributed by atoms with Crippen LogP contribution in [0.1, 0.15) is 124 Å². The molecule has 10 nitrogen and oxygen atoms in total. The van der Waals surface area contributed by atoms with Crippen molar-refractivity contribution in [1.82, 2.24) is 14.5 Å². The van der Waals surface area contributed by atoms with Crippen molar-refractivity contribution in [3.8, 4) is 17.0 Å². The van der Waals surface area contributed by atoms with E-state index in [1.807, 2.05) is 39.2 Å². The molecule has 1 saturated heterocycles. The van der Waals surface area contributed by atoms with Gasteiger partial charge in [-0.2, -0.15) is 0 Å². The quantitative estimate of drug-likeness (QED) is 0.169. The SMILES string of the molecule is CC(C)c1nc(-c2cc(NC(=O)OC(C)(C)C)cc(F)c2OC(F)(F)F)c(F)c2c1c(C1[C@H]3CN(C(=O)OC(C)(C)C)C[C@@H]13)c(CO[Si](C)(C)C(C)(C)C)n2C1CC1. The number of benzene rings is 1. The lowest BCUT2D eigenvalue weighted by molar-refractivity contribution is -0.275. The molecule has 3 aliphatic rings. The average molecular weight is 837 g/mol. The summed E-state index contributed by atoms with van der Waals surface area (Å²) in [6.45, 7) is 25.7. The van der Waals surface area contributed by atoms with Gasteiger partial charge in [-0.1, -0.05) is 34.6 Å². The van der Waals surface area contributed by atoms with Gasteiger partial charge in [0.1, 0.15) is 16.9 Å². The number of halogens is 5. The Morgan fingerprint density at radius 3 is 2.02 bits per heavy atom. The van der Waals surface area contributed by atoms with Crippen LogP contribution < -0.4 is 10.1 Å². The molecule has 0 spiro atoms. The molecule has 1 aliphatic heterocycles. The molecule has 3 fully saturated rings. The highest BCUT2D eigenvalue weighted by Crippen LogP contribution is 2.62. The summed E-state index contributed by atoms with van der Waals surface area (Å²) in [6.07, 6.45) is -5.26. The molecule has 3 aromatic rings. The van der Waals surface area contributed by atoms with E-state index in [1.54, 1.807) is 25.7 Å². The molecular weight excluding hydrogens is 780 g/mol. The molecule has 2 aromatic heterocycles. The third-order valence-corrected chi connectivity index (χ3v) is 15.9. The van der Waals surface area contributed by atoms with Gasteiger partial charge in [0.25, 0.3) is 0 Å². The smallest absolute Gasteiger partial charge is 0.444 e. The number of nitrogens with zero attached hydrogens (tertiary/aromatic N) is 3. The van der Waals surface area contributed by atoms with Gasteiger partial charge in [-0.15, -0.1) is 13.2 Å². The Balaban J connectivity index is 1.58. The molecule has 2 amide bonds. The lowest BCUT2D eigenvalue weighted by atomic mass is 9.95. The first-order valence-electron chi connectivity index (χ1n) is 20.0. The second-order valence-corrected chi connectivity index (χ2v) is 24.6. The van der Waals surface area contributed by atoms with E-state index in [4.69, 9.17) is 18.9 Å². The number of likely N-dealkylation sites (tertiary alicyclic amines) is 1. The molecule has 1 unspecified atom stereocenters. The minimum absolute atomic E-state index is 0.0524. The zero-order valence-electron chi connectivity index (χ0n) is 35.8. The number of carbonyl (C=O) groups excluding carboxylic acids is 2. The number of alkyl halides is 3. The van der Waals surface area contributed by atoms with Crippen molar-refractivity contribution in [2.24, 2.45) is 11.8 Å². The second kappa shape index (κ2) is 14.7. The van der Waals surface area contributed by atoms with Crippen LogP contribution in [0.25, 0.3) is 22.2 Å². The maximum Gasteiger partial charge on any atom is 0.573 e. The van der Waals surface area contributed by atoms with Gasteiger partial charge in [-0.25, -0.2) is 23.4 Å². The number of hydrogen-bond donors (Lipinski definition) is 1. The molecule has 2 saturated carbocycles. The maximum atomic E-state index is 17.8. The summed E-state index contributed by atoms with van der Waals surface area (Å²) in [5.41, 5.74) is -0.871. The van der Waals surface area contributed by atoms with E-state index < -0.39 is 66.7 Å². The molecule has 0 radical (unpaired) electrons. The third-order valence-electron chi connectivity index (χ3n) is 11.4. The topological polar surface area (TPSA) is 104 Å². The Morgan fingerprint density at radius 2 is 1.52 bits per heavy atom. The van der Waals surface area contributed by atoms with Gasteiger partial charge in [-0.3, -0.25) is 5.32 Å². The fourth-order valence-electron chi connectivity index (χ4n) is 7.69. The molecule has 3 atom stereocenters. The van der Waals surface area contributed by atoms with Gasteiger partial charge in [0.05, 0.1) is 23.4 Å². The van der Waals surface area contributed by atoms with Gasteiger partial charge in [0.2, 0.25) is 0 Å². The largest absolute Gasteiger partial charge is 0.573 e. The summed E-state index contributed by atoms with van der Waals surface area (Å²) in [5, 5.41) is 2.77. The molecule has 1 N–H and O–H groups in total. The van der Waals surface area contributed by atoms with Crippen LogP contribution in [0.2, 0.25) is 18.1 Å². The highest BCUT2D eigenvalue weighted by Gasteiger charge is 2.60. The van der Waals surface area contributed by atoms with Crippen molar-refractivity contribution in [2.75, 3.05) is 18.4 Å². The van der Waals surface area contributed by atoms with Crippen molar-refractivity contribution >= 4 is 37.1 Å². The monoisotopic (exact) mass is 836 g/mol. The Hall–Kier alpha value is -3.92. The molecule has 3 heterocycles. The highest BCUT2D eigenvalue weighted by atomic mass is 28.4. The van der Waals surface area contributed by atoms with E-state index in [2.05, 4.69) is 43.9 Å². The number of aromatic nitrogens is 2. The number of nitrogens with one attached hydrogen (secondary N) is 1. The number of rotatable bonds is 9. The van der Waals surface area contributed by atoms with E-state index in [-0.39, 0.29) is 52.6 Å². The standard InChI is InChI=1S/C42H57F5N4O6Si/c1-21(2)33-31-30(29-25-18-50(19-26(25)29)38(53)57-40(6,7)8)28(20-54-58(12,13)41(9,10)11)51(23-14-15-23)35(31)32(44)34(49-33)24-16-22(48-37(52)56-39(3,4)5)17-27(43)36(24)55-42(45,46)47/h16-17,21,23,25-26,29H,14-15,18-20H2,1-13H3,(H,48,52)/t25-,26+,29?. The number of ether oxygens (including phenoxy) is 3. The molecule has 1 aromatic carbocycles. The number of amides is 2. The van der Waals surface area contributed by atoms with Crippen molar-refractivity contribution in [3.63, 3.8) is 0 Å². The van der Waals surface area contributed by atoms with E-state index in [0.29, 0.717) is 30.2 Å². The molecule has 6 rings (SSSR count). The first-order chi connectivity index (χ1) is 26.5.